The lowest BCUT2D eigenvalue weighted by atomic mass is 10.0. The zero-order chi connectivity index (χ0) is 15.7. The first-order valence-corrected chi connectivity index (χ1v) is 7.74. The van der Waals surface area contributed by atoms with Crippen molar-refractivity contribution >= 4 is 34.1 Å². The predicted molar refractivity (Wildman–Crippen MR) is 83.3 cm³/mol. The summed E-state index contributed by atoms with van der Waals surface area (Å²) in [5, 5.41) is 2.79. The minimum absolute atomic E-state index is 0.190. The molecule has 8 heteroatoms. The highest BCUT2D eigenvalue weighted by molar-refractivity contribution is 7.70. The van der Waals surface area contributed by atoms with Crippen LogP contribution in [0, 0.1) is 0 Å². The van der Waals surface area contributed by atoms with Crippen LogP contribution in [0.4, 0.5) is 5.69 Å². The molecule has 2 N–H and O–H groups in total. The molecule has 1 aromatic carbocycles. The van der Waals surface area contributed by atoms with Gasteiger partial charge in [-0.1, -0.05) is 6.07 Å². The molecule has 3 rings (SSSR count). The second-order valence-electron chi connectivity index (χ2n) is 4.88. The van der Waals surface area contributed by atoms with Gasteiger partial charge in [0.25, 0.3) is 5.91 Å². The molecule has 22 heavy (non-hydrogen) atoms. The van der Waals surface area contributed by atoms with E-state index in [0.29, 0.717) is 17.1 Å². The Balaban J connectivity index is 1.99. The van der Waals surface area contributed by atoms with Gasteiger partial charge in [-0.3, -0.25) is 4.79 Å². The van der Waals surface area contributed by atoms with Crippen LogP contribution in [0.5, 0.6) is 0 Å². The van der Waals surface area contributed by atoms with E-state index in [9.17, 15) is 13.2 Å². The Hall–Kier alpha value is -2.45. The van der Waals surface area contributed by atoms with Gasteiger partial charge in [-0.25, -0.2) is 18.1 Å². The van der Waals surface area contributed by atoms with Gasteiger partial charge in [-0.15, -0.1) is 0 Å². The molecule has 1 amide bonds. The molecule has 114 valence electrons. The summed E-state index contributed by atoms with van der Waals surface area (Å²) in [5.41, 5.74) is 2.74. The Morgan fingerprint density at radius 3 is 2.91 bits per heavy atom. The topological polar surface area (TPSA) is 93.1 Å². The molecule has 0 spiro atoms. The van der Waals surface area contributed by atoms with Crippen molar-refractivity contribution < 1.29 is 13.2 Å². The molecule has 0 atom stereocenters. The van der Waals surface area contributed by atoms with Crippen LogP contribution in [-0.4, -0.2) is 23.9 Å². The summed E-state index contributed by atoms with van der Waals surface area (Å²) >= 11 is 0. The lowest BCUT2D eigenvalue weighted by molar-refractivity contribution is -0.110. The van der Waals surface area contributed by atoms with Gasteiger partial charge in [0.15, 0.2) is 0 Å². The van der Waals surface area contributed by atoms with Gasteiger partial charge in [-0.05, 0) is 23.8 Å². The Bertz CT molecular complexity index is 844. The number of benzene rings is 1. The number of amides is 1. The molecule has 7 nitrogen and oxygen atoms in total. The van der Waals surface area contributed by atoms with E-state index in [1.807, 2.05) is 11.6 Å². The maximum Gasteiger partial charge on any atom is 0.256 e. The average molecular weight is 318 g/mol. The highest BCUT2D eigenvalue weighted by Crippen LogP contribution is 2.33. The van der Waals surface area contributed by atoms with E-state index in [2.05, 4.69) is 15.0 Å². The molecular formula is C14H14N4O3S. The van der Waals surface area contributed by atoms with Crippen LogP contribution < -0.4 is 10.0 Å². The van der Waals surface area contributed by atoms with Gasteiger partial charge < -0.3 is 9.88 Å². The van der Waals surface area contributed by atoms with E-state index in [1.54, 1.807) is 36.7 Å². The normalized spacial score (nSPS) is 15.4. The molecule has 0 saturated heterocycles. The van der Waals surface area contributed by atoms with Gasteiger partial charge in [-0.2, -0.15) is 0 Å². The Kier molecular flexibility index (Phi) is 3.78. The van der Waals surface area contributed by atoms with E-state index in [-0.39, 0.29) is 12.5 Å². The third-order valence-corrected chi connectivity index (χ3v) is 3.83. The van der Waals surface area contributed by atoms with E-state index >= 15 is 0 Å². The molecular weight excluding hydrogens is 304 g/mol. The molecule has 2 heterocycles. The molecule has 1 aliphatic heterocycles. The number of hydrogen-bond donors (Lipinski definition) is 3. The number of nitrogens with zero attached hydrogens (tertiary/aromatic N) is 2. The first-order valence-electron chi connectivity index (χ1n) is 6.56. The van der Waals surface area contributed by atoms with E-state index in [1.165, 1.54) is 0 Å². The summed E-state index contributed by atoms with van der Waals surface area (Å²) in [4.78, 5) is 16.3. The molecule has 2 aromatic rings. The van der Waals surface area contributed by atoms with Crippen LogP contribution in [-0.2, 0) is 29.3 Å². The zero-order valence-corrected chi connectivity index (χ0v) is 12.6. The number of rotatable bonds is 4. The highest BCUT2D eigenvalue weighted by atomic mass is 32.2. The summed E-state index contributed by atoms with van der Waals surface area (Å²) in [6, 6.07) is 5.34. The quantitative estimate of drug-likeness (QED) is 0.566. The van der Waals surface area contributed by atoms with Crippen LogP contribution in [0.25, 0.3) is 11.6 Å². The molecule has 1 aromatic heterocycles. The molecule has 0 saturated carbocycles. The Labute approximate surface area is 128 Å². The van der Waals surface area contributed by atoms with Crippen molar-refractivity contribution in [3.63, 3.8) is 0 Å². The first kappa shape index (κ1) is 14.5. The van der Waals surface area contributed by atoms with Crippen LogP contribution in [0.15, 0.2) is 30.6 Å². The minimum atomic E-state index is -2.65. The second kappa shape index (κ2) is 5.74. The maximum absolute atomic E-state index is 12.1. The number of fused-ring (bicyclic) bond motifs is 1. The lowest BCUT2D eigenvalue weighted by Gasteiger charge is -2.03. The zero-order valence-electron chi connectivity index (χ0n) is 11.7. The molecule has 0 radical (unpaired) electrons. The van der Waals surface area contributed by atoms with Gasteiger partial charge in [0.2, 0.25) is 10.9 Å². The average Bonchev–Trinajstić information content (AvgIpc) is 3.01. The van der Waals surface area contributed by atoms with Crippen molar-refractivity contribution in [3.8, 4) is 0 Å². The van der Waals surface area contributed by atoms with Crippen molar-refractivity contribution in [2.75, 3.05) is 5.32 Å². The molecule has 0 fully saturated rings. The molecule has 0 bridgehead atoms. The number of carbonyl (C=O) groups excluding carboxylic acids is 1. The first-order chi connectivity index (χ1) is 10.5. The van der Waals surface area contributed by atoms with E-state index in [0.717, 1.165) is 11.1 Å². The number of imidazole rings is 1. The van der Waals surface area contributed by atoms with Crippen molar-refractivity contribution in [1.29, 1.82) is 0 Å². The fourth-order valence-corrected chi connectivity index (χ4v) is 2.60. The number of nitrogens with one attached hydrogen (secondary N) is 2. The van der Waals surface area contributed by atoms with Gasteiger partial charge in [0.1, 0.15) is 5.82 Å². The number of aromatic nitrogens is 2. The standard InChI is InChI=1S/C14H14N4O3S/c1-18-5-4-15-13(18)7-11-10-6-9(8-16-22(20)21)2-3-12(10)17-14(11)19/h2-7,22H,8H2,1H3,(H,17,19)(H,16,20,21)/b11-7+. The third-order valence-electron chi connectivity index (χ3n) is 3.41. The van der Waals surface area contributed by atoms with Crippen molar-refractivity contribution in [2.45, 2.75) is 6.54 Å². The molecule has 0 unspecified atom stereocenters. The van der Waals surface area contributed by atoms with Gasteiger partial charge in [0, 0.05) is 37.2 Å². The number of carbonyl (C=O) groups is 1. The fourth-order valence-electron chi connectivity index (χ4n) is 2.29. The van der Waals surface area contributed by atoms with Crippen LogP contribution in [0.3, 0.4) is 0 Å². The van der Waals surface area contributed by atoms with Gasteiger partial charge >= 0.3 is 0 Å². The number of aryl methyl sites for hydroxylation is 1. The van der Waals surface area contributed by atoms with Gasteiger partial charge in [0.05, 0.1) is 5.57 Å². The molecule has 1 aliphatic rings. The monoisotopic (exact) mass is 318 g/mol. The summed E-state index contributed by atoms with van der Waals surface area (Å²) in [7, 11) is -0.803. The fraction of sp³-hybridized carbons (Fsp3) is 0.143. The highest BCUT2D eigenvalue weighted by Gasteiger charge is 2.24. The molecule has 0 aliphatic carbocycles. The van der Waals surface area contributed by atoms with E-state index in [4.69, 9.17) is 0 Å². The van der Waals surface area contributed by atoms with E-state index < -0.39 is 10.9 Å². The SMILES string of the molecule is Cn1ccnc1/C=C1/C(=O)Nc2ccc(CN[SH](=O)=O)cc21. The minimum Gasteiger partial charge on any atom is -0.335 e. The maximum atomic E-state index is 12.1. The smallest absolute Gasteiger partial charge is 0.256 e. The lowest BCUT2D eigenvalue weighted by Crippen LogP contribution is -2.10. The van der Waals surface area contributed by atoms with Crippen molar-refractivity contribution in [2.24, 2.45) is 7.05 Å². The summed E-state index contributed by atoms with van der Waals surface area (Å²) < 4.78 is 25.4. The number of hydrogen-bond acceptors (Lipinski definition) is 4. The van der Waals surface area contributed by atoms with Crippen molar-refractivity contribution in [1.82, 2.24) is 14.3 Å². The second-order valence-corrected chi connectivity index (χ2v) is 5.71. The Morgan fingerprint density at radius 2 is 2.23 bits per heavy atom. The third kappa shape index (κ3) is 2.78. The van der Waals surface area contributed by atoms with Crippen LogP contribution in [0.2, 0.25) is 0 Å². The largest absolute Gasteiger partial charge is 0.335 e. The number of thiol groups is 1. The van der Waals surface area contributed by atoms with Crippen LogP contribution in [0.1, 0.15) is 17.0 Å². The summed E-state index contributed by atoms with van der Waals surface area (Å²) in [5.74, 6) is 0.474. The summed E-state index contributed by atoms with van der Waals surface area (Å²) in [6.45, 7) is 0.190. The summed E-state index contributed by atoms with van der Waals surface area (Å²) in [6.07, 6.45) is 5.17. The number of anilines is 1. The van der Waals surface area contributed by atoms with Crippen LogP contribution >= 0.6 is 0 Å². The predicted octanol–water partition coefficient (Wildman–Crippen LogP) is 0.529. The Morgan fingerprint density at radius 1 is 1.41 bits per heavy atom. The van der Waals surface area contributed by atoms with Crippen molar-refractivity contribution in [3.05, 3.63) is 47.5 Å².